The molecule has 4 heteroatoms. The largest absolute Gasteiger partial charge is 0.497 e. The molecule has 0 saturated carbocycles. The maximum absolute atomic E-state index is 5.25. The highest BCUT2D eigenvalue weighted by Crippen LogP contribution is 2.31. The minimum atomic E-state index is 0.492. The highest BCUT2D eigenvalue weighted by molar-refractivity contribution is 8.00. The molecule has 1 atom stereocenters. The number of ether oxygens (including phenoxy) is 1. The number of nitrogens with zero attached hydrogens (tertiary/aromatic N) is 2. The van der Waals surface area contributed by atoms with Crippen LogP contribution in [0.3, 0.4) is 0 Å². The summed E-state index contributed by atoms with van der Waals surface area (Å²) in [4.78, 5) is 5.57. The van der Waals surface area contributed by atoms with Crippen LogP contribution in [0.5, 0.6) is 5.75 Å². The van der Waals surface area contributed by atoms with Gasteiger partial charge in [-0.25, -0.2) is 4.98 Å². The Morgan fingerprint density at radius 1 is 1.12 bits per heavy atom. The van der Waals surface area contributed by atoms with Gasteiger partial charge in [0.05, 0.1) is 13.4 Å². The van der Waals surface area contributed by atoms with Crippen LogP contribution in [0.25, 0.3) is 0 Å². The molecule has 1 aromatic heterocycles. The van der Waals surface area contributed by atoms with Crippen LogP contribution in [0.15, 0.2) is 66.1 Å². The third-order valence-electron chi connectivity index (χ3n) is 4.52. The summed E-state index contributed by atoms with van der Waals surface area (Å²) in [5.74, 6) is 0.911. The Balaban J connectivity index is 1.70. The average Bonchev–Trinajstić information content (AvgIpc) is 3.16. The predicted molar refractivity (Wildman–Crippen MR) is 109 cm³/mol. The minimum absolute atomic E-state index is 0.492. The first kappa shape index (κ1) is 18.6. The lowest BCUT2D eigenvalue weighted by atomic mass is 10.1. The van der Waals surface area contributed by atoms with Crippen LogP contribution < -0.4 is 4.74 Å². The maximum Gasteiger partial charge on any atom is 0.118 e. The number of aromatic nitrogens is 2. The number of methoxy groups -OCH3 is 1. The summed E-state index contributed by atoms with van der Waals surface area (Å²) in [5, 5.41) is 0.492. The Kier molecular flexibility index (Phi) is 6.40. The fourth-order valence-electron chi connectivity index (χ4n) is 2.95. The van der Waals surface area contributed by atoms with Crippen molar-refractivity contribution in [3.63, 3.8) is 0 Å². The Hall–Kier alpha value is -2.20. The van der Waals surface area contributed by atoms with E-state index in [-0.39, 0.29) is 0 Å². The molecule has 0 bridgehead atoms. The molecule has 3 aromatic rings. The third kappa shape index (κ3) is 5.15. The molecule has 0 fully saturated rings. The Morgan fingerprint density at radius 3 is 2.62 bits per heavy atom. The van der Waals surface area contributed by atoms with E-state index in [0.29, 0.717) is 5.25 Å². The summed E-state index contributed by atoms with van der Waals surface area (Å²) >= 11 is 1.98. The summed E-state index contributed by atoms with van der Waals surface area (Å²) < 4.78 is 7.43. The van der Waals surface area contributed by atoms with Gasteiger partial charge in [0.2, 0.25) is 0 Å². The molecule has 0 spiro atoms. The van der Waals surface area contributed by atoms with E-state index in [0.717, 1.165) is 25.1 Å². The van der Waals surface area contributed by atoms with E-state index in [1.807, 2.05) is 42.6 Å². The molecule has 0 radical (unpaired) electrons. The van der Waals surface area contributed by atoms with E-state index >= 15 is 0 Å². The van der Waals surface area contributed by atoms with Crippen molar-refractivity contribution in [3.05, 3.63) is 77.9 Å². The molecule has 0 aliphatic rings. The van der Waals surface area contributed by atoms with Gasteiger partial charge in [0.1, 0.15) is 5.75 Å². The molecule has 2 aromatic carbocycles. The first-order valence-corrected chi connectivity index (χ1v) is 9.84. The molecule has 0 amide bonds. The number of thioether (sulfide) groups is 1. The van der Waals surface area contributed by atoms with Crippen molar-refractivity contribution in [2.24, 2.45) is 0 Å². The third-order valence-corrected chi connectivity index (χ3v) is 5.94. The van der Waals surface area contributed by atoms with Crippen molar-refractivity contribution < 1.29 is 4.74 Å². The van der Waals surface area contributed by atoms with Crippen LogP contribution >= 0.6 is 11.8 Å². The van der Waals surface area contributed by atoms with Gasteiger partial charge in [-0.15, -0.1) is 11.8 Å². The van der Waals surface area contributed by atoms with Crippen LogP contribution in [0, 0.1) is 13.8 Å². The molecule has 136 valence electrons. The lowest BCUT2D eigenvalue weighted by molar-refractivity contribution is 0.414. The van der Waals surface area contributed by atoms with Gasteiger partial charge in [-0.3, -0.25) is 0 Å². The lowest BCUT2D eigenvalue weighted by Gasteiger charge is -2.19. The fraction of sp³-hybridized carbons (Fsp3) is 0.318. The van der Waals surface area contributed by atoms with Gasteiger partial charge in [-0.1, -0.05) is 29.8 Å². The molecule has 3 rings (SSSR count). The van der Waals surface area contributed by atoms with Crippen LogP contribution in [-0.2, 0) is 13.0 Å². The van der Waals surface area contributed by atoms with Crippen molar-refractivity contribution in [1.82, 2.24) is 9.55 Å². The number of aryl methyl sites for hydroxylation is 3. The zero-order valence-electron chi connectivity index (χ0n) is 15.7. The van der Waals surface area contributed by atoms with E-state index < -0.39 is 0 Å². The SMILES string of the molecule is COc1ccc(CCC(Cn2ccnc2)Sc2cc(C)ccc2C)cc1. The number of hydrogen-bond donors (Lipinski definition) is 0. The smallest absolute Gasteiger partial charge is 0.118 e. The van der Waals surface area contributed by atoms with Gasteiger partial charge >= 0.3 is 0 Å². The number of hydrogen-bond acceptors (Lipinski definition) is 3. The van der Waals surface area contributed by atoms with Gasteiger partial charge in [0, 0.05) is 29.1 Å². The van der Waals surface area contributed by atoms with E-state index in [9.17, 15) is 0 Å². The van der Waals surface area contributed by atoms with E-state index in [1.54, 1.807) is 7.11 Å². The number of rotatable bonds is 8. The zero-order valence-corrected chi connectivity index (χ0v) is 16.5. The van der Waals surface area contributed by atoms with Crippen LogP contribution in [0.1, 0.15) is 23.1 Å². The Morgan fingerprint density at radius 2 is 1.92 bits per heavy atom. The van der Waals surface area contributed by atoms with Gasteiger partial charge < -0.3 is 9.30 Å². The monoisotopic (exact) mass is 366 g/mol. The molecule has 0 N–H and O–H groups in total. The van der Waals surface area contributed by atoms with Crippen molar-refractivity contribution in [1.29, 1.82) is 0 Å². The fourth-order valence-corrected chi connectivity index (χ4v) is 4.30. The van der Waals surface area contributed by atoms with Crippen LogP contribution in [-0.4, -0.2) is 21.9 Å². The summed E-state index contributed by atoms with van der Waals surface area (Å²) in [5.41, 5.74) is 4.01. The molecule has 1 heterocycles. The van der Waals surface area contributed by atoms with Gasteiger partial charge in [-0.2, -0.15) is 0 Å². The highest BCUT2D eigenvalue weighted by atomic mass is 32.2. The first-order valence-electron chi connectivity index (χ1n) is 8.96. The molecule has 0 aliphatic heterocycles. The summed E-state index contributed by atoms with van der Waals surface area (Å²) in [6, 6.07) is 15.1. The second-order valence-corrected chi connectivity index (χ2v) is 8.00. The van der Waals surface area contributed by atoms with Crippen LogP contribution in [0.2, 0.25) is 0 Å². The Bertz CT molecular complexity index is 813. The molecule has 26 heavy (non-hydrogen) atoms. The average molecular weight is 367 g/mol. The van der Waals surface area contributed by atoms with E-state index in [4.69, 9.17) is 4.74 Å². The molecule has 0 aliphatic carbocycles. The van der Waals surface area contributed by atoms with Gasteiger partial charge in [0.25, 0.3) is 0 Å². The molecule has 3 nitrogen and oxygen atoms in total. The highest BCUT2D eigenvalue weighted by Gasteiger charge is 2.14. The summed E-state index contributed by atoms with van der Waals surface area (Å²) in [6.45, 7) is 5.32. The van der Waals surface area contributed by atoms with Crippen molar-refractivity contribution in [2.75, 3.05) is 7.11 Å². The van der Waals surface area contributed by atoms with Crippen molar-refractivity contribution >= 4 is 11.8 Å². The van der Waals surface area contributed by atoms with E-state index in [2.05, 4.69) is 53.7 Å². The quantitative estimate of drug-likeness (QED) is 0.506. The molecular weight excluding hydrogens is 340 g/mol. The minimum Gasteiger partial charge on any atom is -0.497 e. The second-order valence-electron chi connectivity index (χ2n) is 6.66. The standard InChI is InChI=1S/C22H26N2OS/c1-17-4-5-18(2)22(14-17)26-21(15-24-13-12-23-16-24)11-8-19-6-9-20(25-3)10-7-19/h4-7,9-10,12-14,16,21H,8,11,15H2,1-3H3. The molecule has 0 saturated heterocycles. The number of benzene rings is 2. The topological polar surface area (TPSA) is 27.1 Å². The van der Waals surface area contributed by atoms with Gasteiger partial charge in [-0.05, 0) is 56.0 Å². The van der Waals surface area contributed by atoms with Crippen LogP contribution in [0.4, 0.5) is 0 Å². The summed E-state index contributed by atoms with van der Waals surface area (Å²) in [7, 11) is 1.71. The maximum atomic E-state index is 5.25. The first-order chi connectivity index (χ1) is 12.6. The zero-order chi connectivity index (χ0) is 18.4. The lowest BCUT2D eigenvalue weighted by Crippen LogP contribution is -2.13. The summed E-state index contributed by atoms with van der Waals surface area (Å²) in [6.07, 6.45) is 7.97. The van der Waals surface area contributed by atoms with Gasteiger partial charge in [0.15, 0.2) is 0 Å². The van der Waals surface area contributed by atoms with E-state index in [1.165, 1.54) is 21.6 Å². The molecule has 1 unspecified atom stereocenters. The van der Waals surface area contributed by atoms with Crippen molar-refractivity contribution in [3.8, 4) is 5.75 Å². The van der Waals surface area contributed by atoms with Crippen molar-refractivity contribution in [2.45, 2.75) is 43.4 Å². The molecular formula is C22H26N2OS. The predicted octanol–water partition coefficient (Wildman–Crippen LogP) is 5.30. The Labute approximate surface area is 160 Å². The number of imidazole rings is 1. The normalized spacial score (nSPS) is 12.1. The second kappa shape index (κ2) is 8.95.